The summed E-state index contributed by atoms with van der Waals surface area (Å²) in [6.45, 7) is 5.10. The molecule has 0 aromatic heterocycles. The molecule has 15 heavy (non-hydrogen) atoms. The Morgan fingerprint density at radius 2 is 1.93 bits per heavy atom. The summed E-state index contributed by atoms with van der Waals surface area (Å²) in [5.41, 5.74) is 2.58. The predicted molar refractivity (Wildman–Crippen MR) is 61.7 cm³/mol. The Bertz CT molecular complexity index is 323. The average molecular weight is 206 g/mol. The van der Waals surface area contributed by atoms with E-state index in [1.54, 1.807) is 7.05 Å². The maximum atomic E-state index is 5.41. The Morgan fingerprint density at radius 1 is 1.33 bits per heavy atom. The number of nitrogens with two attached hydrogens (primary N) is 1. The van der Waals surface area contributed by atoms with E-state index in [9.17, 15) is 0 Å². The third kappa shape index (κ3) is 3.70. The van der Waals surface area contributed by atoms with Crippen LogP contribution in [0.3, 0.4) is 0 Å². The van der Waals surface area contributed by atoms with Gasteiger partial charge in [0.05, 0.1) is 0 Å². The first-order chi connectivity index (χ1) is 7.13. The summed E-state index contributed by atoms with van der Waals surface area (Å²) in [7, 11) is 1.73. The van der Waals surface area contributed by atoms with Crippen molar-refractivity contribution < 1.29 is 4.81 Å². The fourth-order valence-corrected chi connectivity index (χ4v) is 1.38. The monoisotopic (exact) mass is 206 g/mol. The fraction of sp³-hybridized carbons (Fsp3) is 0.500. The van der Waals surface area contributed by atoms with Crippen molar-refractivity contribution in [1.82, 2.24) is 0 Å². The van der Waals surface area contributed by atoms with Gasteiger partial charge in [-0.2, -0.15) is 5.84 Å². The maximum absolute atomic E-state index is 5.41. The van der Waals surface area contributed by atoms with Gasteiger partial charge in [-0.3, -0.25) is 0 Å². The molecule has 0 saturated heterocycles. The number of hydrogen-bond acceptors (Lipinski definition) is 1. The zero-order valence-corrected chi connectivity index (χ0v) is 9.77. The molecule has 3 nitrogen and oxygen atoms in total. The third-order valence-electron chi connectivity index (χ3n) is 2.64. The summed E-state index contributed by atoms with van der Waals surface area (Å²) in [6, 6.07) is 8.59. The Hall–Kier alpha value is -1.38. The first kappa shape index (κ1) is 11.7. The first-order valence-electron chi connectivity index (χ1n) is 5.38. The Kier molecular flexibility index (Phi) is 4.28. The zero-order valence-electron chi connectivity index (χ0n) is 9.77. The summed E-state index contributed by atoms with van der Waals surface area (Å²) < 4.78 is 0. The average Bonchev–Trinajstić information content (AvgIpc) is 2.26. The van der Waals surface area contributed by atoms with Crippen molar-refractivity contribution in [2.24, 2.45) is 11.0 Å². The molecule has 0 aliphatic heterocycles. The molecule has 82 valence electrons. The highest BCUT2D eigenvalue weighted by atomic mass is 15.4. The van der Waals surface area contributed by atoms with Crippen LogP contribution in [0.25, 0.3) is 0 Å². The molecule has 1 aromatic carbocycles. The van der Waals surface area contributed by atoms with Crippen LogP contribution in [0.4, 0.5) is 0 Å². The Balaban J connectivity index is 2.68. The molecule has 0 radical (unpaired) electrons. The lowest BCUT2D eigenvalue weighted by atomic mass is 9.98. The van der Waals surface area contributed by atoms with Crippen molar-refractivity contribution in [3.63, 3.8) is 0 Å². The molecule has 1 rings (SSSR count). The van der Waals surface area contributed by atoms with Gasteiger partial charge in [-0.1, -0.05) is 38.1 Å². The second-order valence-corrected chi connectivity index (χ2v) is 3.92. The lowest BCUT2D eigenvalue weighted by molar-refractivity contribution is -0.580. The number of hydrogen-bond donors (Lipinski definition) is 1. The van der Waals surface area contributed by atoms with E-state index in [-0.39, 0.29) is 0 Å². The van der Waals surface area contributed by atoms with Crippen LogP contribution in [-0.2, 0) is 6.54 Å². The summed E-state index contributed by atoms with van der Waals surface area (Å²) in [6.07, 6.45) is 1.18. The van der Waals surface area contributed by atoms with Gasteiger partial charge in [0.15, 0.2) is 7.05 Å². The topological polar surface area (TPSA) is 41.4 Å². The van der Waals surface area contributed by atoms with Crippen LogP contribution in [-0.4, -0.2) is 11.9 Å². The molecule has 3 heteroatoms. The van der Waals surface area contributed by atoms with Gasteiger partial charge >= 0.3 is 0 Å². The Morgan fingerprint density at radius 3 is 2.40 bits per heavy atom. The number of rotatable bonds is 4. The number of benzene rings is 1. The second-order valence-electron chi connectivity index (χ2n) is 3.92. The van der Waals surface area contributed by atoms with Gasteiger partial charge in [-0.25, -0.2) is 0 Å². The van der Waals surface area contributed by atoms with Crippen LogP contribution in [0.1, 0.15) is 37.3 Å². The van der Waals surface area contributed by atoms with Crippen molar-refractivity contribution in [2.45, 2.75) is 32.7 Å². The van der Waals surface area contributed by atoms with Crippen molar-refractivity contribution >= 4 is 0 Å². The lowest BCUT2D eigenvalue weighted by Gasteiger charge is -2.08. The van der Waals surface area contributed by atoms with Gasteiger partial charge in [0.25, 0.3) is 0 Å². The summed E-state index contributed by atoms with van der Waals surface area (Å²) in [4.78, 5) is 1.35. The molecule has 0 fully saturated rings. The van der Waals surface area contributed by atoms with E-state index >= 15 is 0 Å². The minimum Gasteiger partial charge on any atom is -0.187 e. The van der Waals surface area contributed by atoms with Crippen LogP contribution in [0.15, 0.2) is 29.4 Å². The molecule has 1 unspecified atom stereocenters. The standard InChI is InChI=1S/C12H20N3/c1-4-10(2)12-7-5-11(6-8-12)9-14-15(3)13/h5-8,10H,4,9H2,1-3H3,(H2,13,14)/q+1. The van der Waals surface area contributed by atoms with E-state index < -0.39 is 0 Å². The summed E-state index contributed by atoms with van der Waals surface area (Å²) >= 11 is 0. The summed E-state index contributed by atoms with van der Waals surface area (Å²) in [5.74, 6) is 6.04. The third-order valence-corrected chi connectivity index (χ3v) is 2.64. The molecule has 0 saturated carbocycles. The highest BCUT2D eigenvalue weighted by Crippen LogP contribution is 2.18. The van der Waals surface area contributed by atoms with Crippen LogP contribution in [0.5, 0.6) is 0 Å². The van der Waals surface area contributed by atoms with Gasteiger partial charge in [0.1, 0.15) is 6.54 Å². The zero-order chi connectivity index (χ0) is 11.3. The molecule has 0 aliphatic carbocycles. The van der Waals surface area contributed by atoms with Gasteiger partial charge in [-0.05, 0) is 33.4 Å². The van der Waals surface area contributed by atoms with Gasteiger partial charge < -0.3 is 0 Å². The van der Waals surface area contributed by atoms with Crippen LogP contribution in [0, 0.1) is 0 Å². The molecule has 0 heterocycles. The first-order valence-corrected chi connectivity index (χ1v) is 5.38. The van der Waals surface area contributed by atoms with E-state index in [0.717, 1.165) is 0 Å². The normalized spacial score (nSPS) is 13.9. The molecule has 0 bridgehead atoms. The molecule has 0 spiro atoms. The smallest absolute Gasteiger partial charge is 0.187 e. The molecule has 0 aliphatic rings. The molecule has 2 N–H and O–H groups in total. The van der Waals surface area contributed by atoms with E-state index in [4.69, 9.17) is 5.84 Å². The van der Waals surface area contributed by atoms with E-state index in [2.05, 4.69) is 43.2 Å². The van der Waals surface area contributed by atoms with Crippen molar-refractivity contribution in [2.75, 3.05) is 7.05 Å². The van der Waals surface area contributed by atoms with E-state index in [0.29, 0.717) is 12.5 Å². The minimum absolute atomic E-state index is 0.633. The van der Waals surface area contributed by atoms with Gasteiger partial charge in [0, 0.05) is 0 Å². The van der Waals surface area contributed by atoms with E-state index in [1.165, 1.54) is 22.4 Å². The van der Waals surface area contributed by atoms with Crippen molar-refractivity contribution in [3.05, 3.63) is 35.4 Å². The van der Waals surface area contributed by atoms with Crippen LogP contribution in [0.2, 0.25) is 0 Å². The highest BCUT2D eigenvalue weighted by molar-refractivity contribution is 5.24. The molecule has 0 amide bonds. The number of hydrazine groups is 1. The lowest BCUT2D eigenvalue weighted by Crippen LogP contribution is -2.10. The van der Waals surface area contributed by atoms with Gasteiger partial charge in [0.2, 0.25) is 0 Å². The van der Waals surface area contributed by atoms with Crippen LogP contribution >= 0.6 is 0 Å². The molecule has 1 atom stereocenters. The molecular formula is C12H20N3+. The Labute approximate surface area is 91.6 Å². The number of nitrogens with zero attached hydrogens (tertiary/aromatic N) is 2. The SMILES string of the molecule is CCC(C)c1ccc(CN=[N+](C)N)cc1. The largest absolute Gasteiger partial charge is 0.190 e. The van der Waals surface area contributed by atoms with Gasteiger partial charge in [-0.15, -0.1) is 0 Å². The molecule has 1 aromatic rings. The highest BCUT2D eigenvalue weighted by Gasteiger charge is 2.02. The quantitative estimate of drug-likeness (QED) is 0.350. The van der Waals surface area contributed by atoms with E-state index in [1.807, 2.05) is 0 Å². The number of azo groups is 1. The molecular weight excluding hydrogens is 186 g/mol. The summed E-state index contributed by atoms with van der Waals surface area (Å²) in [5, 5.41) is 4.10. The minimum atomic E-state index is 0.633. The predicted octanol–water partition coefficient (Wildman–Crippen LogP) is 2.67. The second kappa shape index (κ2) is 5.49. The fourth-order valence-electron chi connectivity index (χ4n) is 1.38. The maximum Gasteiger partial charge on any atom is 0.190 e. The van der Waals surface area contributed by atoms with Crippen LogP contribution < -0.4 is 5.84 Å². The van der Waals surface area contributed by atoms with Crippen molar-refractivity contribution in [1.29, 1.82) is 0 Å². The van der Waals surface area contributed by atoms with Crippen molar-refractivity contribution in [3.8, 4) is 0 Å².